The summed E-state index contributed by atoms with van der Waals surface area (Å²) < 4.78 is 1.97. The summed E-state index contributed by atoms with van der Waals surface area (Å²) in [5.74, 6) is 0.219. The maximum Gasteiger partial charge on any atom is 0.256 e. The van der Waals surface area contributed by atoms with Gasteiger partial charge in [-0.3, -0.25) is 9.59 Å². The normalized spacial score (nSPS) is 10.9. The Morgan fingerprint density at radius 1 is 0.967 bits per heavy atom. The summed E-state index contributed by atoms with van der Waals surface area (Å²) in [7, 11) is 0. The van der Waals surface area contributed by atoms with E-state index in [0.29, 0.717) is 39.5 Å². The molecule has 0 radical (unpaired) electrons. The molecule has 0 saturated heterocycles. The van der Waals surface area contributed by atoms with Crippen LogP contribution in [0.5, 0.6) is 0 Å². The van der Waals surface area contributed by atoms with Crippen molar-refractivity contribution in [2.75, 3.05) is 5.32 Å². The van der Waals surface area contributed by atoms with E-state index in [1.54, 1.807) is 36.4 Å². The average Bonchev–Trinajstić information content (AvgIpc) is 2.76. The van der Waals surface area contributed by atoms with Gasteiger partial charge >= 0.3 is 0 Å². The Morgan fingerprint density at radius 2 is 1.63 bits per heavy atom. The second-order valence-electron chi connectivity index (χ2n) is 7.14. The molecule has 30 heavy (non-hydrogen) atoms. The van der Waals surface area contributed by atoms with Crippen molar-refractivity contribution in [2.45, 2.75) is 20.4 Å². The van der Waals surface area contributed by atoms with Gasteiger partial charge in [-0.1, -0.05) is 53.6 Å². The number of rotatable bonds is 4. The summed E-state index contributed by atoms with van der Waals surface area (Å²) in [6.07, 6.45) is 0. The molecule has 0 unspecified atom stereocenters. The third-order valence-electron chi connectivity index (χ3n) is 5.17. The van der Waals surface area contributed by atoms with Gasteiger partial charge in [0.15, 0.2) is 5.43 Å². The number of amides is 1. The van der Waals surface area contributed by atoms with Crippen LogP contribution >= 0.6 is 11.6 Å². The van der Waals surface area contributed by atoms with Crippen molar-refractivity contribution in [3.05, 3.63) is 99.2 Å². The number of anilines is 1. The van der Waals surface area contributed by atoms with Crippen molar-refractivity contribution < 1.29 is 4.79 Å². The lowest BCUT2D eigenvalue weighted by Gasteiger charge is -2.20. The first-order valence-corrected chi connectivity index (χ1v) is 10.2. The smallest absolute Gasteiger partial charge is 0.256 e. The van der Waals surface area contributed by atoms with Crippen LogP contribution in [0.3, 0.4) is 0 Å². The highest BCUT2D eigenvalue weighted by atomic mass is 35.5. The SMILES string of the molecule is CCn1c(NC(=O)c2ccc(C)cc2)c(-c2ccc(Cl)cc2)c(=O)c2ccccc21. The predicted molar refractivity (Wildman–Crippen MR) is 123 cm³/mol. The van der Waals surface area contributed by atoms with Gasteiger partial charge in [0.05, 0.1) is 11.1 Å². The lowest BCUT2D eigenvalue weighted by molar-refractivity contribution is 0.102. The van der Waals surface area contributed by atoms with Crippen LogP contribution in [-0.2, 0) is 6.54 Å². The van der Waals surface area contributed by atoms with Crippen LogP contribution in [-0.4, -0.2) is 10.5 Å². The molecule has 0 bridgehead atoms. The van der Waals surface area contributed by atoms with Crippen molar-refractivity contribution in [2.24, 2.45) is 0 Å². The van der Waals surface area contributed by atoms with Gasteiger partial charge in [0.1, 0.15) is 5.82 Å². The molecule has 0 aliphatic rings. The molecule has 0 fully saturated rings. The number of aromatic nitrogens is 1. The fraction of sp³-hybridized carbons (Fsp3) is 0.120. The molecular weight excluding hydrogens is 396 g/mol. The monoisotopic (exact) mass is 416 g/mol. The number of nitrogens with one attached hydrogen (secondary N) is 1. The minimum atomic E-state index is -0.262. The fourth-order valence-corrected chi connectivity index (χ4v) is 3.75. The summed E-state index contributed by atoms with van der Waals surface area (Å²) in [6.45, 7) is 4.55. The van der Waals surface area contributed by atoms with E-state index in [4.69, 9.17) is 11.6 Å². The molecule has 0 saturated carbocycles. The van der Waals surface area contributed by atoms with E-state index in [1.165, 1.54) is 0 Å². The highest BCUT2D eigenvalue weighted by Crippen LogP contribution is 2.30. The van der Waals surface area contributed by atoms with E-state index in [1.807, 2.05) is 54.8 Å². The van der Waals surface area contributed by atoms with Gasteiger partial charge in [-0.25, -0.2) is 0 Å². The molecule has 1 N–H and O–H groups in total. The largest absolute Gasteiger partial charge is 0.327 e. The Balaban J connectivity index is 1.97. The standard InChI is InChI=1S/C25H21ClN2O2/c1-3-28-21-7-5-4-6-20(21)23(29)22(17-12-14-19(26)15-13-17)24(28)27-25(30)18-10-8-16(2)9-11-18/h4-15H,3H2,1-2H3,(H,27,30). The van der Waals surface area contributed by atoms with E-state index < -0.39 is 0 Å². The molecular formula is C25H21ClN2O2. The molecule has 0 aliphatic carbocycles. The summed E-state index contributed by atoms with van der Waals surface area (Å²) in [4.78, 5) is 26.5. The van der Waals surface area contributed by atoms with E-state index in [-0.39, 0.29) is 11.3 Å². The van der Waals surface area contributed by atoms with Gasteiger partial charge in [-0.05, 0) is 55.8 Å². The number of hydrogen-bond donors (Lipinski definition) is 1. The minimum Gasteiger partial charge on any atom is -0.327 e. The number of nitrogens with zero attached hydrogens (tertiary/aromatic N) is 1. The number of hydrogen-bond acceptors (Lipinski definition) is 2. The van der Waals surface area contributed by atoms with Crippen LogP contribution in [0.2, 0.25) is 5.02 Å². The van der Waals surface area contributed by atoms with Crippen molar-refractivity contribution in [3.63, 3.8) is 0 Å². The van der Waals surface area contributed by atoms with E-state index in [0.717, 1.165) is 11.1 Å². The first-order valence-electron chi connectivity index (χ1n) is 9.79. The van der Waals surface area contributed by atoms with Crippen molar-refractivity contribution in [3.8, 4) is 11.1 Å². The molecule has 0 atom stereocenters. The van der Waals surface area contributed by atoms with E-state index in [2.05, 4.69) is 5.32 Å². The molecule has 1 amide bonds. The van der Waals surface area contributed by atoms with Gasteiger partial charge in [0.2, 0.25) is 0 Å². The molecule has 1 aromatic heterocycles. The zero-order chi connectivity index (χ0) is 21.3. The third kappa shape index (κ3) is 3.62. The number of para-hydroxylation sites is 1. The van der Waals surface area contributed by atoms with E-state index >= 15 is 0 Å². The van der Waals surface area contributed by atoms with Crippen LogP contribution in [0.25, 0.3) is 22.0 Å². The first-order chi connectivity index (χ1) is 14.5. The summed E-state index contributed by atoms with van der Waals surface area (Å²) in [5, 5.41) is 4.20. The molecule has 4 aromatic rings. The number of fused-ring (bicyclic) bond motifs is 1. The van der Waals surface area contributed by atoms with Crippen LogP contribution < -0.4 is 10.7 Å². The molecule has 4 rings (SSSR count). The molecule has 1 heterocycles. The molecule has 5 heteroatoms. The summed E-state index contributed by atoms with van der Waals surface area (Å²) in [5.41, 5.74) is 3.42. The second-order valence-corrected chi connectivity index (χ2v) is 7.58. The van der Waals surface area contributed by atoms with Gasteiger partial charge in [0, 0.05) is 22.5 Å². The highest BCUT2D eigenvalue weighted by molar-refractivity contribution is 6.30. The molecule has 3 aromatic carbocycles. The number of aryl methyl sites for hydroxylation is 2. The van der Waals surface area contributed by atoms with Crippen molar-refractivity contribution in [1.29, 1.82) is 0 Å². The van der Waals surface area contributed by atoms with Crippen molar-refractivity contribution >= 4 is 34.2 Å². The van der Waals surface area contributed by atoms with Gasteiger partial charge < -0.3 is 9.88 Å². The van der Waals surface area contributed by atoms with Gasteiger partial charge in [-0.2, -0.15) is 0 Å². The van der Waals surface area contributed by atoms with Gasteiger partial charge in [-0.15, -0.1) is 0 Å². The van der Waals surface area contributed by atoms with Gasteiger partial charge in [0.25, 0.3) is 5.91 Å². The first kappa shape index (κ1) is 19.9. The Labute approximate surface area is 179 Å². The van der Waals surface area contributed by atoms with E-state index in [9.17, 15) is 9.59 Å². The zero-order valence-corrected chi connectivity index (χ0v) is 17.5. The maximum atomic E-state index is 13.5. The second kappa shape index (κ2) is 8.17. The molecule has 0 spiro atoms. The third-order valence-corrected chi connectivity index (χ3v) is 5.42. The molecule has 150 valence electrons. The van der Waals surface area contributed by atoms with Crippen LogP contribution in [0.15, 0.2) is 77.6 Å². The number of carbonyl (C=O) groups is 1. The average molecular weight is 417 g/mol. The van der Waals surface area contributed by atoms with Crippen LogP contribution in [0.1, 0.15) is 22.8 Å². The number of halogens is 1. The summed E-state index contributed by atoms with van der Waals surface area (Å²) in [6, 6.07) is 21.9. The van der Waals surface area contributed by atoms with Crippen LogP contribution in [0, 0.1) is 6.92 Å². The van der Waals surface area contributed by atoms with Crippen LogP contribution in [0.4, 0.5) is 5.82 Å². The minimum absolute atomic E-state index is 0.128. The summed E-state index contributed by atoms with van der Waals surface area (Å²) >= 11 is 6.06. The Bertz CT molecular complexity index is 1290. The zero-order valence-electron chi connectivity index (χ0n) is 16.8. The topological polar surface area (TPSA) is 51.1 Å². The number of carbonyl (C=O) groups excluding carboxylic acids is 1. The lowest BCUT2D eigenvalue weighted by atomic mass is 10.0. The Morgan fingerprint density at radius 3 is 2.30 bits per heavy atom. The molecule has 0 aliphatic heterocycles. The number of pyridine rings is 1. The fourth-order valence-electron chi connectivity index (χ4n) is 3.63. The lowest BCUT2D eigenvalue weighted by Crippen LogP contribution is -2.22. The Kier molecular flexibility index (Phi) is 5.42. The maximum absolute atomic E-state index is 13.5. The highest BCUT2D eigenvalue weighted by Gasteiger charge is 2.20. The Hall–Kier alpha value is -3.37. The number of benzene rings is 3. The van der Waals surface area contributed by atoms with Crippen molar-refractivity contribution in [1.82, 2.24) is 4.57 Å². The quantitative estimate of drug-likeness (QED) is 0.450. The predicted octanol–water partition coefficient (Wildman–Crippen LogP) is 5.90. The molecule has 4 nitrogen and oxygen atoms in total.